The Balaban J connectivity index is 1.74. The molecule has 3 nitrogen and oxygen atoms in total. The van der Waals surface area contributed by atoms with Gasteiger partial charge in [0, 0.05) is 0 Å². The molecule has 134 valence electrons. The van der Waals surface area contributed by atoms with Crippen LogP contribution >= 0.6 is 0 Å². The summed E-state index contributed by atoms with van der Waals surface area (Å²) in [5, 5.41) is 0. The number of unbranched alkanes of at least 4 members (excludes halogenated alkanes) is 2. The van der Waals surface area contributed by atoms with Gasteiger partial charge in [-0.05, 0) is 62.3 Å². The Bertz CT molecular complexity index is 472. The highest BCUT2D eigenvalue weighted by atomic mass is 16.5. The normalized spacial score (nSPS) is 20.6. The molecular weight excluding hydrogens is 300 g/mol. The lowest BCUT2D eigenvalue weighted by molar-refractivity contribution is -0.140. The van der Waals surface area contributed by atoms with E-state index in [0.717, 1.165) is 44.0 Å². The van der Waals surface area contributed by atoms with Crippen LogP contribution in [0.4, 0.5) is 0 Å². The van der Waals surface area contributed by atoms with Crippen molar-refractivity contribution in [2.75, 3.05) is 6.61 Å². The maximum absolute atomic E-state index is 12.3. The van der Waals surface area contributed by atoms with Gasteiger partial charge in [0.2, 0.25) is 0 Å². The summed E-state index contributed by atoms with van der Waals surface area (Å²) in [4.78, 5) is 12.3. The molecule has 2 rings (SSSR count). The molecule has 1 fully saturated rings. The fourth-order valence-electron chi connectivity index (χ4n) is 3.32. The van der Waals surface area contributed by atoms with Crippen LogP contribution in [0, 0.1) is 11.8 Å². The van der Waals surface area contributed by atoms with Crippen molar-refractivity contribution in [2.24, 2.45) is 11.8 Å². The van der Waals surface area contributed by atoms with Crippen molar-refractivity contribution < 1.29 is 14.3 Å². The Morgan fingerprint density at radius 2 is 1.58 bits per heavy atom. The zero-order valence-electron chi connectivity index (χ0n) is 15.3. The Labute approximate surface area is 146 Å². The van der Waals surface area contributed by atoms with Crippen LogP contribution in [0.1, 0.15) is 71.6 Å². The van der Waals surface area contributed by atoms with Crippen LogP contribution in [-0.4, -0.2) is 12.6 Å². The van der Waals surface area contributed by atoms with E-state index < -0.39 is 0 Å². The second kappa shape index (κ2) is 10.4. The van der Waals surface area contributed by atoms with Crippen LogP contribution in [0.25, 0.3) is 0 Å². The van der Waals surface area contributed by atoms with Gasteiger partial charge in [-0.25, -0.2) is 0 Å². The van der Waals surface area contributed by atoms with Gasteiger partial charge in [-0.15, -0.1) is 0 Å². The molecule has 0 saturated heterocycles. The average Bonchev–Trinajstić information content (AvgIpc) is 2.62. The van der Waals surface area contributed by atoms with E-state index in [1.165, 1.54) is 32.1 Å². The molecule has 24 heavy (non-hydrogen) atoms. The lowest BCUT2D eigenvalue weighted by atomic mass is 9.80. The van der Waals surface area contributed by atoms with E-state index in [1.807, 2.05) is 24.3 Å². The van der Waals surface area contributed by atoms with Gasteiger partial charge in [-0.3, -0.25) is 4.79 Å². The molecule has 0 radical (unpaired) electrons. The highest BCUT2D eigenvalue weighted by Gasteiger charge is 2.27. The smallest absolute Gasteiger partial charge is 0.314 e. The van der Waals surface area contributed by atoms with Gasteiger partial charge in [0.1, 0.15) is 11.5 Å². The van der Waals surface area contributed by atoms with Crippen molar-refractivity contribution in [3.05, 3.63) is 24.3 Å². The first-order chi connectivity index (χ1) is 11.7. The zero-order valence-corrected chi connectivity index (χ0v) is 15.3. The van der Waals surface area contributed by atoms with Crippen molar-refractivity contribution in [3.8, 4) is 11.5 Å². The summed E-state index contributed by atoms with van der Waals surface area (Å²) in [6.45, 7) is 5.11. The molecule has 0 bridgehead atoms. The third-order valence-corrected chi connectivity index (χ3v) is 4.95. The standard InChI is InChI=1S/C21H32O3/c1-3-5-7-17-8-10-18(11-9-17)21(22)24-20-14-12-19(13-15-20)23-16-6-4-2/h12-15,17-18H,3-11,16H2,1-2H3. The minimum absolute atomic E-state index is 0.0661. The third kappa shape index (κ3) is 6.18. The predicted octanol–water partition coefficient (Wildman–Crippen LogP) is 5.77. The van der Waals surface area contributed by atoms with E-state index in [0.29, 0.717) is 5.75 Å². The lowest BCUT2D eigenvalue weighted by Gasteiger charge is -2.27. The molecular formula is C21H32O3. The van der Waals surface area contributed by atoms with Gasteiger partial charge >= 0.3 is 5.97 Å². The Morgan fingerprint density at radius 3 is 2.21 bits per heavy atom. The largest absolute Gasteiger partial charge is 0.494 e. The topological polar surface area (TPSA) is 35.5 Å². The quantitative estimate of drug-likeness (QED) is 0.327. The first-order valence-corrected chi connectivity index (χ1v) is 9.67. The number of ether oxygens (including phenoxy) is 2. The molecule has 0 atom stereocenters. The number of carbonyl (C=O) groups excluding carboxylic acids is 1. The molecule has 0 amide bonds. The molecule has 0 aliphatic heterocycles. The van der Waals surface area contributed by atoms with Crippen molar-refractivity contribution in [1.82, 2.24) is 0 Å². The maximum Gasteiger partial charge on any atom is 0.314 e. The van der Waals surface area contributed by atoms with Crippen molar-refractivity contribution >= 4 is 5.97 Å². The van der Waals surface area contributed by atoms with E-state index >= 15 is 0 Å². The summed E-state index contributed by atoms with van der Waals surface area (Å²) >= 11 is 0. The number of hydrogen-bond donors (Lipinski definition) is 0. The van der Waals surface area contributed by atoms with E-state index in [9.17, 15) is 4.79 Å². The van der Waals surface area contributed by atoms with Gasteiger partial charge in [-0.1, -0.05) is 39.5 Å². The van der Waals surface area contributed by atoms with Crippen molar-refractivity contribution in [1.29, 1.82) is 0 Å². The molecule has 3 heteroatoms. The Hall–Kier alpha value is -1.51. The van der Waals surface area contributed by atoms with Crippen LogP contribution in [0.2, 0.25) is 0 Å². The summed E-state index contributed by atoms with van der Waals surface area (Å²) in [5.41, 5.74) is 0. The molecule has 0 aromatic heterocycles. The van der Waals surface area contributed by atoms with E-state index in [4.69, 9.17) is 9.47 Å². The lowest BCUT2D eigenvalue weighted by Crippen LogP contribution is -2.25. The molecule has 1 aromatic carbocycles. The molecule has 0 N–H and O–H groups in total. The maximum atomic E-state index is 12.3. The van der Waals surface area contributed by atoms with Crippen LogP contribution < -0.4 is 9.47 Å². The number of benzene rings is 1. The Kier molecular flexibility index (Phi) is 8.14. The van der Waals surface area contributed by atoms with Gasteiger partial charge in [0.25, 0.3) is 0 Å². The Morgan fingerprint density at radius 1 is 0.958 bits per heavy atom. The van der Waals surface area contributed by atoms with Gasteiger partial charge in [-0.2, -0.15) is 0 Å². The molecule has 1 aromatic rings. The second-order valence-corrected chi connectivity index (χ2v) is 6.95. The fraction of sp³-hybridized carbons (Fsp3) is 0.667. The average molecular weight is 332 g/mol. The second-order valence-electron chi connectivity index (χ2n) is 6.95. The minimum Gasteiger partial charge on any atom is -0.494 e. The molecule has 1 aliphatic rings. The fourth-order valence-corrected chi connectivity index (χ4v) is 3.32. The van der Waals surface area contributed by atoms with E-state index in [-0.39, 0.29) is 11.9 Å². The minimum atomic E-state index is -0.0661. The summed E-state index contributed by atoms with van der Waals surface area (Å²) in [6, 6.07) is 7.40. The predicted molar refractivity (Wildman–Crippen MR) is 97.5 cm³/mol. The summed E-state index contributed by atoms with van der Waals surface area (Å²) in [5.74, 6) is 2.27. The summed E-state index contributed by atoms with van der Waals surface area (Å²) < 4.78 is 11.2. The summed E-state index contributed by atoms with van der Waals surface area (Å²) in [6.07, 6.45) is 10.4. The third-order valence-electron chi connectivity index (χ3n) is 4.95. The molecule has 0 spiro atoms. The number of esters is 1. The first kappa shape index (κ1) is 18.8. The van der Waals surface area contributed by atoms with E-state index in [1.54, 1.807) is 0 Å². The molecule has 1 saturated carbocycles. The van der Waals surface area contributed by atoms with Crippen LogP contribution in [-0.2, 0) is 4.79 Å². The first-order valence-electron chi connectivity index (χ1n) is 9.67. The van der Waals surface area contributed by atoms with Gasteiger partial charge < -0.3 is 9.47 Å². The highest BCUT2D eigenvalue weighted by molar-refractivity contribution is 5.75. The monoisotopic (exact) mass is 332 g/mol. The van der Waals surface area contributed by atoms with Gasteiger partial charge in [0.15, 0.2) is 0 Å². The van der Waals surface area contributed by atoms with E-state index in [2.05, 4.69) is 13.8 Å². The van der Waals surface area contributed by atoms with Crippen LogP contribution in [0.5, 0.6) is 11.5 Å². The molecule has 0 heterocycles. The molecule has 1 aliphatic carbocycles. The molecule has 0 unspecified atom stereocenters. The van der Waals surface area contributed by atoms with Crippen molar-refractivity contribution in [2.45, 2.75) is 71.6 Å². The van der Waals surface area contributed by atoms with Gasteiger partial charge in [0.05, 0.1) is 12.5 Å². The SMILES string of the molecule is CCCCOc1ccc(OC(=O)C2CCC(CCCC)CC2)cc1. The highest BCUT2D eigenvalue weighted by Crippen LogP contribution is 2.33. The number of hydrogen-bond acceptors (Lipinski definition) is 3. The number of rotatable bonds is 9. The van der Waals surface area contributed by atoms with Crippen LogP contribution in [0.15, 0.2) is 24.3 Å². The zero-order chi connectivity index (χ0) is 17.2. The van der Waals surface area contributed by atoms with Crippen molar-refractivity contribution in [3.63, 3.8) is 0 Å². The number of carbonyl (C=O) groups is 1. The summed E-state index contributed by atoms with van der Waals surface area (Å²) in [7, 11) is 0. The van der Waals surface area contributed by atoms with Crippen LogP contribution in [0.3, 0.4) is 0 Å².